The van der Waals surface area contributed by atoms with Crippen molar-refractivity contribution in [2.24, 2.45) is 5.92 Å². The van der Waals surface area contributed by atoms with Gasteiger partial charge in [-0.25, -0.2) is 0 Å². The molecule has 0 amide bonds. The minimum atomic E-state index is -0.744. The molecule has 2 aliphatic rings. The van der Waals surface area contributed by atoms with Crippen molar-refractivity contribution in [3.63, 3.8) is 0 Å². The van der Waals surface area contributed by atoms with Gasteiger partial charge in [-0.05, 0) is 71.4 Å². The highest BCUT2D eigenvalue weighted by atomic mass is 16.4. The average Bonchev–Trinajstić information content (AvgIpc) is 3.18. The normalized spacial score (nSPS) is 30.9. The molecule has 4 heteroatoms. The lowest BCUT2D eigenvalue weighted by Crippen LogP contribution is -2.51. The molecule has 0 aromatic rings. The van der Waals surface area contributed by atoms with Crippen LogP contribution in [0.3, 0.4) is 0 Å². The van der Waals surface area contributed by atoms with Crippen LogP contribution < -0.4 is 5.32 Å². The number of piperidine rings is 1. The van der Waals surface area contributed by atoms with Crippen molar-refractivity contribution in [3.05, 3.63) is 0 Å². The van der Waals surface area contributed by atoms with Crippen LogP contribution in [0.25, 0.3) is 0 Å². The van der Waals surface area contributed by atoms with E-state index in [2.05, 4.69) is 24.1 Å². The highest BCUT2D eigenvalue weighted by Gasteiger charge is 2.38. The zero-order valence-electron chi connectivity index (χ0n) is 13.2. The maximum absolute atomic E-state index is 11.5. The fraction of sp³-hybridized carbons (Fsp3) is 0.938. The second-order valence-electron chi connectivity index (χ2n) is 7.06. The van der Waals surface area contributed by atoms with Crippen LogP contribution in [-0.2, 0) is 4.79 Å². The minimum absolute atomic E-state index is 0.435. The molecule has 116 valence electrons. The number of hydrogen-bond acceptors (Lipinski definition) is 3. The molecule has 1 saturated heterocycles. The summed E-state index contributed by atoms with van der Waals surface area (Å²) in [7, 11) is 0. The smallest absolute Gasteiger partial charge is 0.323 e. The molecular formula is C16H30N2O2. The van der Waals surface area contributed by atoms with Crippen LogP contribution >= 0.6 is 0 Å². The summed E-state index contributed by atoms with van der Waals surface area (Å²) in [5.41, 5.74) is -0.744. The van der Waals surface area contributed by atoms with Crippen molar-refractivity contribution in [2.75, 3.05) is 13.1 Å². The Balaban J connectivity index is 1.79. The molecule has 0 spiro atoms. The van der Waals surface area contributed by atoms with E-state index in [0.717, 1.165) is 38.1 Å². The topological polar surface area (TPSA) is 52.6 Å². The van der Waals surface area contributed by atoms with Gasteiger partial charge in [-0.2, -0.15) is 0 Å². The Hall–Kier alpha value is -0.610. The summed E-state index contributed by atoms with van der Waals surface area (Å²) in [6, 6.07) is 1.07. The quantitative estimate of drug-likeness (QED) is 0.753. The molecule has 20 heavy (non-hydrogen) atoms. The van der Waals surface area contributed by atoms with Gasteiger partial charge in [-0.15, -0.1) is 0 Å². The zero-order chi connectivity index (χ0) is 14.8. The summed E-state index contributed by atoms with van der Waals surface area (Å²) >= 11 is 0. The van der Waals surface area contributed by atoms with E-state index in [1.165, 1.54) is 19.4 Å². The molecule has 4 nitrogen and oxygen atoms in total. The molecule has 1 saturated carbocycles. The van der Waals surface area contributed by atoms with Crippen LogP contribution in [0.2, 0.25) is 0 Å². The average molecular weight is 282 g/mol. The summed E-state index contributed by atoms with van der Waals surface area (Å²) in [4.78, 5) is 14.0. The Morgan fingerprint density at radius 2 is 2.05 bits per heavy atom. The standard InChI is InChI=1S/C16H30N2O2/c1-12-6-4-10-18(13(12)2)11-5-9-16(3,15(19)20)17-14-7-8-14/h12-14,17H,4-11H2,1-3H3,(H,19,20). The number of rotatable bonds is 7. The molecule has 1 aliphatic carbocycles. The van der Waals surface area contributed by atoms with Crippen LogP contribution in [-0.4, -0.2) is 46.7 Å². The largest absolute Gasteiger partial charge is 0.480 e. The Bertz CT molecular complexity index is 343. The first kappa shape index (κ1) is 15.8. The summed E-state index contributed by atoms with van der Waals surface area (Å²) in [6.07, 6.45) is 6.54. The van der Waals surface area contributed by atoms with E-state index < -0.39 is 11.5 Å². The van der Waals surface area contributed by atoms with Gasteiger partial charge in [0.2, 0.25) is 0 Å². The van der Waals surface area contributed by atoms with Gasteiger partial charge < -0.3 is 10.0 Å². The number of carbonyl (C=O) groups is 1. The molecule has 0 aromatic carbocycles. The maximum atomic E-state index is 11.5. The zero-order valence-corrected chi connectivity index (χ0v) is 13.2. The highest BCUT2D eigenvalue weighted by molar-refractivity contribution is 5.78. The summed E-state index contributed by atoms with van der Waals surface area (Å²) in [6.45, 7) is 8.68. The van der Waals surface area contributed by atoms with Crippen LogP contribution in [0.4, 0.5) is 0 Å². The van der Waals surface area contributed by atoms with Crippen molar-refractivity contribution in [1.29, 1.82) is 0 Å². The van der Waals surface area contributed by atoms with Gasteiger partial charge in [0.1, 0.15) is 5.54 Å². The van der Waals surface area contributed by atoms with E-state index in [-0.39, 0.29) is 0 Å². The molecule has 1 aliphatic heterocycles. The molecule has 0 aromatic heterocycles. The Kier molecular flexibility index (Phi) is 5.08. The van der Waals surface area contributed by atoms with Gasteiger partial charge in [0.05, 0.1) is 0 Å². The van der Waals surface area contributed by atoms with E-state index in [0.29, 0.717) is 12.1 Å². The highest BCUT2D eigenvalue weighted by Crippen LogP contribution is 2.26. The number of likely N-dealkylation sites (tertiary alicyclic amines) is 1. The van der Waals surface area contributed by atoms with E-state index in [1.807, 2.05) is 6.92 Å². The molecule has 2 rings (SSSR count). The lowest BCUT2D eigenvalue weighted by atomic mass is 9.91. The van der Waals surface area contributed by atoms with Gasteiger partial charge >= 0.3 is 5.97 Å². The third-order valence-corrected chi connectivity index (χ3v) is 5.20. The number of hydrogen-bond donors (Lipinski definition) is 2. The first-order chi connectivity index (χ1) is 9.42. The first-order valence-corrected chi connectivity index (χ1v) is 8.17. The summed E-state index contributed by atoms with van der Waals surface area (Å²) in [5, 5.41) is 12.8. The SMILES string of the molecule is CC1CCCN(CCCC(C)(NC2CC2)C(=O)O)C1C. The number of nitrogens with one attached hydrogen (secondary N) is 1. The van der Waals surface area contributed by atoms with Crippen LogP contribution in [0.1, 0.15) is 59.3 Å². The Morgan fingerprint density at radius 3 is 2.65 bits per heavy atom. The van der Waals surface area contributed by atoms with Crippen molar-refractivity contribution in [1.82, 2.24) is 10.2 Å². The molecule has 0 bridgehead atoms. The molecule has 0 radical (unpaired) electrons. The van der Waals surface area contributed by atoms with Crippen molar-refractivity contribution >= 4 is 5.97 Å². The predicted octanol–water partition coefficient (Wildman–Crippen LogP) is 2.48. The second-order valence-corrected chi connectivity index (χ2v) is 7.06. The molecular weight excluding hydrogens is 252 g/mol. The maximum Gasteiger partial charge on any atom is 0.323 e. The van der Waals surface area contributed by atoms with Gasteiger partial charge in [0, 0.05) is 12.1 Å². The van der Waals surface area contributed by atoms with Gasteiger partial charge in [0.25, 0.3) is 0 Å². The van der Waals surface area contributed by atoms with E-state index >= 15 is 0 Å². The lowest BCUT2D eigenvalue weighted by Gasteiger charge is -2.38. The fourth-order valence-electron chi connectivity index (χ4n) is 3.29. The fourth-order valence-corrected chi connectivity index (χ4v) is 3.29. The van der Waals surface area contributed by atoms with Crippen LogP contribution in [0, 0.1) is 5.92 Å². The number of carboxylic acid groups (broad SMARTS) is 1. The predicted molar refractivity (Wildman–Crippen MR) is 80.9 cm³/mol. The molecule has 1 heterocycles. The molecule has 2 N–H and O–H groups in total. The first-order valence-electron chi connectivity index (χ1n) is 8.17. The molecule has 3 unspecified atom stereocenters. The van der Waals surface area contributed by atoms with Gasteiger partial charge in [0.15, 0.2) is 0 Å². The van der Waals surface area contributed by atoms with Crippen LogP contribution in [0.15, 0.2) is 0 Å². The molecule has 2 fully saturated rings. The van der Waals surface area contributed by atoms with E-state index in [9.17, 15) is 9.90 Å². The van der Waals surface area contributed by atoms with Gasteiger partial charge in [-0.3, -0.25) is 10.1 Å². The lowest BCUT2D eigenvalue weighted by molar-refractivity contribution is -0.144. The number of aliphatic carboxylic acids is 1. The minimum Gasteiger partial charge on any atom is -0.480 e. The molecule has 3 atom stereocenters. The Labute approximate surface area is 122 Å². The number of carboxylic acids is 1. The summed E-state index contributed by atoms with van der Waals surface area (Å²) < 4.78 is 0. The number of nitrogens with zero attached hydrogens (tertiary/aromatic N) is 1. The third-order valence-electron chi connectivity index (χ3n) is 5.20. The van der Waals surface area contributed by atoms with E-state index in [1.54, 1.807) is 0 Å². The van der Waals surface area contributed by atoms with Crippen molar-refractivity contribution in [2.45, 2.75) is 76.9 Å². The summed E-state index contributed by atoms with van der Waals surface area (Å²) in [5.74, 6) is 0.0589. The van der Waals surface area contributed by atoms with Gasteiger partial charge in [-0.1, -0.05) is 6.92 Å². The van der Waals surface area contributed by atoms with Crippen molar-refractivity contribution < 1.29 is 9.90 Å². The van der Waals surface area contributed by atoms with Crippen molar-refractivity contribution in [3.8, 4) is 0 Å². The third kappa shape index (κ3) is 3.95. The second kappa shape index (κ2) is 6.44. The Morgan fingerprint density at radius 1 is 1.35 bits per heavy atom. The monoisotopic (exact) mass is 282 g/mol. The van der Waals surface area contributed by atoms with Crippen LogP contribution in [0.5, 0.6) is 0 Å². The van der Waals surface area contributed by atoms with E-state index in [4.69, 9.17) is 0 Å².